The molecule has 4 unspecified atom stereocenters. The normalized spacial score (nSPS) is 37.2. The average molecular weight is 252 g/mol. The summed E-state index contributed by atoms with van der Waals surface area (Å²) < 4.78 is 0. The molecule has 104 valence electrons. The summed E-state index contributed by atoms with van der Waals surface area (Å²) in [6.45, 7) is 6.39. The SMILES string of the molecule is CC1CC(C(=O)NCC2CCCCC2C)CCN1. The first kappa shape index (κ1) is 13.9. The van der Waals surface area contributed by atoms with Gasteiger partial charge in [-0.2, -0.15) is 0 Å². The van der Waals surface area contributed by atoms with E-state index in [1.165, 1.54) is 25.7 Å². The van der Waals surface area contributed by atoms with Crippen molar-refractivity contribution in [2.75, 3.05) is 13.1 Å². The fraction of sp³-hybridized carbons (Fsp3) is 0.933. The molecular weight excluding hydrogens is 224 g/mol. The molecule has 2 fully saturated rings. The van der Waals surface area contributed by atoms with Crippen molar-refractivity contribution in [2.24, 2.45) is 17.8 Å². The van der Waals surface area contributed by atoms with Crippen LogP contribution in [-0.2, 0) is 4.79 Å². The Morgan fingerprint density at radius 3 is 2.72 bits per heavy atom. The van der Waals surface area contributed by atoms with Crippen LogP contribution in [0.15, 0.2) is 0 Å². The van der Waals surface area contributed by atoms with E-state index in [0.29, 0.717) is 17.9 Å². The van der Waals surface area contributed by atoms with Gasteiger partial charge in [0, 0.05) is 18.5 Å². The van der Waals surface area contributed by atoms with Gasteiger partial charge in [0.1, 0.15) is 0 Å². The zero-order valence-corrected chi connectivity index (χ0v) is 11.9. The van der Waals surface area contributed by atoms with Gasteiger partial charge in [0.05, 0.1) is 0 Å². The quantitative estimate of drug-likeness (QED) is 0.809. The lowest BCUT2D eigenvalue weighted by Crippen LogP contribution is -2.44. The molecule has 4 atom stereocenters. The zero-order valence-electron chi connectivity index (χ0n) is 11.9. The second-order valence-corrected chi connectivity index (χ2v) is 6.34. The van der Waals surface area contributed by atoms with Crippen LogP contribution in [0.25, 0.3) is 0 Å². The maximum atomic E-state index is 12.2. The largest absolute Gasteiger partial charge is 0.356 e. The first-order valence-electron chi connectivity index (χ1n) is 7.68. The van der Waals surface area contributed by atoms with Crippen LogP contribution >= 0.6 is 0 Å². The molecule has 0 radical (unpaired) electrons. The van der Waals surface area contributed by atoms with Gasteiger partial charge >= 0.3 is 0 Å². The van der Waals surface area contributed by atoms with E-state index in [1.54, 1.807) is 0 Å². The van der Waals surface area contributed by atoms with Crippen molar-refractivity contribution in [3.63, 3.8) is 0 Å². The van der Waals surface area contributed by atoms with E-state index in [2.05, 4.69) is 24.5 Å². The van der Waals surface area contributed by atoms with Crippen LogP contribution in [0, 0.1) is 17.8 Å². The van der Waals surface area contributed by atoms with Gasteiger partial charge < -0.3 is 10.6 Å². The Labute approximate surface area is 111 Å². The summed E-state index contributed by atoms with van der Waals surface area (Å²) in [5.74, 6) is 2.02. The summed E-state index contributed by atoms with van der Waals surface area (Å²) in [7, 11) is 0. The Bertz CT molecular complexity index is 280. The predicted molar refractivity (Wildman–Crippen MR) is 74.3 cm³/mol. The van der Waals surface area contributed by atoms with Crippen molar-refractivity contribution in [1.29, 1.82) is 0 Å². The summed E-state index contributed by atoms with van der Waals surface area (Å²) in [6, 6.07) is 0.489. The third-order valence-electron chi connectivity index (χ3n) is 4.82. The highest BCUT2D eigenvalue weighted by atomic mass is 16.1. The first-order valence-corrected chi connectivity index (χ1v) is 7.68. The second-order valence-electron chi connectivity index (χ2n) is 6.34. The van der Waals surface area contributed by atoms with Gasteiger partial charge in [-0.1, -0.05) is 26.2 Å². The number of hydrogen-bond acceptors (Lipinski definition) is 2. The first-order chi connectivity index (χ1) is 8.66. The van der Waals surface area contributed by atoms with Gasteiger partial charge in [-0.05, 0) is 44.6 Å². The molecule has 3 nitrogen and oxygen atoms in total. The Hall–Kier alpha value is -0.570. The molecule has 2 N–H and O–H groups in total. The highest BCUT2D eigenvalue weighted by Gasteiger charge is 2.26. The molecule has 0 aromatic heterocycles. The van der Waals surface area contributed by atoms with E-state index in [4.69, 9.17) is 0 Å². The zero-order chi connectivity index (χ0) is 13.0. The second kappa shape index (κ2) is 6.55. The van der Waals surface area contributed by atoms with Crippen molar-refractivity contribution < 1.29 is 4.79 Å². The topological polar surface area (TPSA) is 41.1 Å². The molecule has 3 heteroatoms. The summed E-state index contributed by atoms with van der Waals surface area (Å²) in [5, 5.41) is 6.61. The number of piperidine rings is 1. The molecule has 1 aliphatic heterocycles. The maximum Gasteiger partial charge on any atom is 0.223 e. The van der Waals surface area contributed by atoms with Crippen molar-refractivity contribution in [1.82, 2.24) is 10.6 Å². The lowest BCUT2D eigenvalue weighted by Gasteiger charge is -2.31. The van der Waals surface area contributed by atoms with Crippen LogP contribution in [0.2, 0.25) is 0 Å². The summed E-state index contributed by atoms with van der Waals surface area (Å²) >= 11 is 0. The summed E-state index contributed by atoms with van der Waals surface area (Å²) in [6.07, 6.45) is 7.34. The molecule has 1 aliphatic carbocycles. The molecule has 0 spiro atoms. The molecule has 1 saturated carbocycles. The molecule has 18 heavy (non-hydrogen) atoms. The summed E-state index contributed by atoms with van der Waals surface area (Å²) in [5.41, 5.74) is 0. The van der Waals surface area contributed by atoms with Crippen molar-refractivity contribution >= 4 is 5.91 Å². The van der Waals surface area contributed by atoms with E-state index in [-0.39, 0.29) is 5.92 Å². The molecule has 1 heterocycles. The van der Waals surface area contributed by atoms with Gasteiger partial charge in [0.2, 0.25) is 5.91 Å². The number of amides is 1. The van der Waals surface area contributed by atoms with Gasteiger partial charge in [-0.25, -0.2) is 0 Å². The molecule has 0 aromatic carbocycles. The van der Waals surface area contributed by atoms with E-state index >= 15 is 0 Å². The van der Waals surface area contributed by atoms with E-state index in [1.807, 2.05) is 0 Å². The van der Waals surface area contributed by atoms with Crippen LogP contribution in [-0.4, -0.2) is 25.0 Å². The molecular formula is C15H28N2O. The number of carbonyl (C=O) groups excluding carboxylic acids is 1. The van der Waals surface area contributed by atoms with Crippen molar-refractivity contribution in [2.45, 2.75) is 58.4 Å². The highest BCUT2D eigenvalue weighted by molar-refractivity contribution is 5.78. The van der Waals surface area contributed by atoms with Gasteiger partial charge in [-0.15, -0.1) is 0 Å². The Morgan fingerprint density at radius 1 is 1.22 bits per heavy atom. The molecule has 1 saturated heterocycles. The minimum atomic E-state index is 0.236. The summed E-state index contributed by atoms with van der Waals surface area (Å²) in [4.78, 5) is 12.2. The van der Waals surface area contributed by atoms with Crippen LogP contribution in [0.4, 0.5) is 0 Å². The monoisotopic (exact) mass is 252 g/mol. The molecule has 2 aliphatic rings. The third-order valence-corrected chi connectivity index (χ3v) is 4.82. The molecule has 0 aromatic rings. The highest BCUT2D eigenvalue weighted by Crippen LogP contribution is 2.29. The standard InChI is InChI=1S/C15H28N2O/c1-11-5-3-4-6-14(11)10-17-15(18)13-7-8-16-12(2)9-13/h11-14,16H,3-10H2,1-2H3,(H,17,18). The van der Waals surface area contributed by atoms with Gasteiger partial charge in [0.25, 0.3) is 0 Å². The molecule has 1 amide bonds. The average Bonchev–Trinajstić information content (AvgIpc) is 2.37. The Morgan fingerprint density at radius 2 is 2.00 bits per heavy atom. The fourth-order valence-electron chi connectivity index (χ4n) is 3.44. The van der Waals surface area contributed by atoms with E-state index in [0.717, 1.165) is 31.8 Å². The number of nitrogens with one attached hydrogen (secondary N) is 2. The lowest BCUT2D eigenvalue weighted by atomic mass is 9.80. The number of rotatable bonds is 3. The predicted octanol–water partition coefficient (Wildman–Crippen LogP) is 2.32. The van der Waals surface area contributed by atoms with E-state index in [9.17, 15) is 4.79 Å². The number of hydrogen-bond donors (Lipinski definition) is 2. The van der Waals surface area contributed by atoms with Crippen LogP contribution < -0.4 is 10.6 Å². The minimum absolute atomic E-state index is 0.236. The smallest absolute Gasteiger partial charge is 0.223 e. The van der Waals surface area contributed by atoms with Gasteiger partial charge in [-0.3, -0.25) is 4.79 Å². The van der Waals surface area contributed by atoms with Crippen molar-refractivity contribution in [3.05, 3.63) is 0 Å². The number of carbonyl (C=O) groups is 1. The van der Waals surface area contributed by atoms with Crippen LogP contribution in [0.3, 0.4) is 0 Å². The van der Waals surface area contributed by atoms with Crippen molar-refractivity contribution in [3.8, 4) is 0 Å². The Kier molecular flexibility index (Phi) is 5.04. The Balaban J connectivity index is 1.73. The van der Waals surface area contributed by atoms with Crippen LogP contribution in [0.5, 0.6) is 0 Å². The minimum Gasteiger partial charge on any atom is -0.356 e. The lowest BCUT2D eigenvalue weighted by molar-refractivity contribution is -0.126. The fourth-order valence-corrected chi connectivity index (χ4v) is 3.44. The van der Waals surface area contributed by atoms with E-state index < -0.39 is 0 Å². The molecule has 2 rings (SSSR count). The van der Waals surface area contributed by atoms with Gasteiger partial charge in [0.15, 0.2) is 0 Å². The molecule has 0 bridgehead atoms. The maximum absolute atomic E-state index is 12.2. The third kappa shape index (κ3) is 3.71. The van der Waals surface area contributed by atoms with Crippen LogP contribution in [0.1, 0.15) is 52.4 Å².